The number of carbonyl (C=O) groups is 1. The van der Waals surface area contributed by atoms with E-state index in [2.05, 4.69) is 9.97 Å². The quantitative estimate of drug-likeness (QED) is 0.667. The fraction of sp³-hybridized carbons (Fsp3) is 0. The van der Waals surface area contributed by atoms with Gasteiger partial charge in [0.1, 0.15) is 0 Å². The lowest BCUT2D eigenvalue weighted by molar-refractivity contribution is 0.100. The largest absolute Gasteiger partial charge is 0.366 e. The number of hydrogen-bond acceptors (Lipinski definition) is 3. The minimum absolute atomic E-state index is 0.271. The summed E-state index contributed by atoms with van der Waals surface area (Å²) in [6.07, 6.45) is 1.29. The number of nitrogens with one attached hydrogen (secondary N) is 2. The van der Waals surface area contributed by atoms with Gasteiger partial charge in [-0.15, -0.1) is 0 Å². The van der Waals surface area contributed by atoms with Crippen molar-refractivity contribution in [1.82, 2.24) is 9.97 Å². The van der Waals surface area contributed by atoms with Crippen LogP contribution in [0.5, 0.6) is 0 Å². The summed E-state index contributed by atoms with van der Waals surface area (Å²) in [6, 6.07) is 6.30. The summed E-state index contributed by atoms with van der Waals surface area (Å²) in [6.45, 7) is 0. The third-order valence-corrected chi connectivity index (χ3v) is 2.28. The van der Waals surface area contributed by atoms with Gasteiger partial charge in [-0.2, -0.15) is 0 Å². The molecule has 0 radical (unpaired) electrons. The molecule has 0 unspecified atom stereocenters. The van der Waals surface area contributed by atoms with Crippen molar-refractivity contribution in [2.45, 2.75) is 0 Å². The zero-order valence-electron chi connectivity index (χ0n) is 8.69. The van der Waals surface area contributed by atoms with E-state index in [4.69, 9.17) is 5.73 Å². The summed E-state index contributed by atoms with van der Waals surface area (Å²) in [5.41, 5.74) is 5.13. The van der Waals surface area contributed by atoms with Crippen molar-refractivity contribution in [2.75, 3.05) is 0 Å². The first-order chi connectivity index (χ1) is 8.08. The van der Waals surface area contributed by atoms with E-state index in [9.17, 15) is 14.4 Å². The van der Waals surface area contributed by atoms with E-state index >= 15 is 0 Å². The minimum atomic E-state index is -0.579. The standard InChI is InChI=1S/C11H9N3O3/c12-9(15)7-3-1-2-6(4-7)8-5-13-11(17)14-10(8)16/h1-5H,(H2,12,15)(H2,13,14,16,17). The highest BCUT2D eigenvalue weighted by molar-refractivity contribution is 5.94. The molecule has 6 heteroatoms. The van der Waals surface area contributed by atoms with Gasteiger partial charge in [0.05, 0.1) is 5.56 Å². The number of amides is 1. The van der Waals surface area contributed by atoms with Crippen molar-refractivity contribution in [3.63, 3.8) is 0 Å². The molecule has 17 heavy (non-hydrogen) atoms. The number of aromatic amines is 2. The number of aromatic nitrogens is 2. The Hall–Kier alpha value is -2.63. The number of H-pyrrole nitrogens is 2. The lowest BCUT2D eigenvalue weighted by Gasteiger charge is -2.01. The van der Waals surface area contributed by atoms with Crippen LogP contribution in [0.15, 0.2) is 40.1 Å². The lowest BCUT2D eigenvalue weighted by Crippen LogP contribution is -2.22. The second-order valence-electron chi connectivity index (χ2n) is 3.43. The van der Waals surface area contributed by atoms with Gasteiger partial charge in [0.2, 0.25) is 5.91 Å². The van der Waals surface area contributed by atoms with Gasteiger partial charge in [0.25, 0.3) is 5.56 Å². The van der Waals surface area contributed by atoms with Crippen LogP contribution in [0.3, 0.4) is 0 Å². The molecule has 0 saturated carbocycles. The zero-order chi connectivity index (χ0) is 12.4. The number of benzene rings is 1. The summed E-state index contributed by atoms with van der Waals surface area (Å²) in [5.74, 6) is -0.576. The fourth-order valence-corrected chi connectivity index (χ4v) is 1.46. The van der Waals surface area contributed by atoms with Gasteiger partial charge in [-0.1, -0.05) is 12.1 Å². The lowest BCUT2D eigenvalue weighted by atomic mass is 10.1. The topological polar surface area (TPSA) is 109 Å². The first-order valence-electron chi connectivity index (χ1n) is 4.80. The summed E-state index contributed by atoms with van der Waals surface area (Å²) in [7, 11) is 0. The average Bonchev–Trinajstić information content (AvgIpc) is 2.29. The monoisotopic (exact) mass is 231 g/mol. The van der Waals surface area contributed by atoms with Crippen molar-refractivity contribution in [3.05, 3.63) is 56.9 Å². The summed E-state index contributed by atoms with van der Waals surface area (Å²) in [4.78, 5) is 37.9. The molecular weight excluding hydrogens is 222 g/mol. The van der Waals surface area contributed by atoms with E-state index in [1.165, 1.54) is 12.3 Å². The van der Waals surface area contributed by atoms with Crippen LogP contribution in [-0.2, 0) is 0 Å². The Labute approximate surface area is 95.1 Å². The van der Waals surface area contributed by atoms with Gasteiger partial charge in [-0.05, 0) is 17.7 Å². The Kier molecular flexibility index (Phi) is 2.61. The second kappa shape index (κ2) is 4.09. The predicted octanol–water partition coefficient (Wildman–Crippen LogP) is -0.171. The molecule has 0 fully saturated rings. The maximum atomic E-state index is 11.5. The highest BCUT2D eigenvalue weighted by Crippen LogP contribution is 2.14. The summed E-state index contributed by atoms with van der Waals surface area (Å²) in [5, 5.41) is 0. The van der Waals surface area contributed by atoms with Crippen molar-refractivity contribution < 1.29 is 4.79 Å². The Morgan fingerprint density at radius 2 is 2.00 bits per heavy atom. The van der Waals surface area contributed by atoms with E-state index in [1.54, 1.807) is 18.2 Å². The normalized spacial score (nSPS) is 10.1. The molecule has 6 nitrogen and oxygen atoms in total. The van der Waals surface area contributed by atoms with Crippen LogP contribution in [0.2, 0.25) is 0 Å². The molecule has 0 aliphatic rings. The highest BCUT2D eigenvalue weighted by atomic mass is 16.2. The van der Waals surface area contributed by atoms with Gasteiger partial charge in [0, 0.05) is 11.8 Å². The molecule has 0 aliphatic carbocycles. The Balaban J connectivity index is 2.61. The number of rotatable bonds is 2. The molecule has 2 rings (SSSR count). The van der Waals surface area contributed by atoms with Gasteiger partial charge >= 0.3 is 5.69 Å². The molecule has 1 aromatic heterocycles. The maximum Gasteiger partial charge on any atom is 0.325 e. The van der Waals surface area contributed by atoms with E-state index in [0.29, 0.717) is 11.1 Å². The SMILES string of the molecule is NC(=O)c1cccc(-c2c[nH]c(=O)[nH]c2=O)c1. The third kappa shape index (κ3) is 2.15. The van der Waals surface area contributed by atoms with Crippen LogP contribution < -0.4 is 17.0 Å². The van der Waals surface area contributed by atoms with Gasteiger partial charge in [-0.3, -0.25) is 14.6 Å². The Bertz CT molecular complexity index is 685. The number of nitrogens with two attached hydrogens (primary N) is 1. The number of primary amides is 1. The molecule has 0 spiro atoms. The maximum absolute atomic E-state index is 11.5. The minimum Gasteiger partial charge on any atom is -0.366 e. The second-order valence-corrected chi connectivity index (χ2v) is 3.43. The average molecular weight is 231 g/mol. The highest BCUT2D eigenvalue weighted by Gasteiger charge is 2.06. The van der Waals surface area contributed by atoms with Crippen LogP contribution in [0.4, 0.5) is 0 Å². The van der Waals surface area contributed by atoms with Gasteiger partial charge < -0.3 is 10.7 Å². The van der Waals surface area contributed by atoms with Crippen molar-refractivity contribution in [3.8, 4) is 11.1 Å². The van der Waals surface area contributed by atoms with Crippen LogP contribution in [0.25, 0.3) is 11.1 Å². The first-order valence-corrected chi connectivity index (χ1v) is 4.80. The van der Waals surface area contributed by atoms with Crippen molar-refractivity contribution >= 4 is 5.91 Å². The van der Waals surface area contributed by atoms with Gasteiger partial charge in [-0.25, -0.2) is 4.79 Å². The number of carbonyl (C=O) groups excluding carboxylic acids is 1. The third-order valence-electron chi connectivity index (χ3n) is 2.28. The molecule has 1 amide bonds. The molecule has 0 bridgehead atoms. The first kappa shape index (κ1) is 10.9. The Morgan fingerprint density at radius 3 is 2.65 bits per heavy atom. The molecule has 86 valence electrons. The van der Waals surface area contributed by atoms with E-state index in [1.807, 2.05) is 0 Å². The van der Waals surface area contributed by atoms with Crippen LogP contribution in [0.1, 0.15) is 10.4 Å². The van der Waals surface area contributed by atoms with E-state index in [-0.39, 0.29) is 5.56 Å². The molecule has 2 aromatic rings. The van der Waals surface area contributed by atoms with Crippen LogP contribution >= 0.6 is 0 Å². The van der Waals surface area contributed by atoms with Gasteiger partial charge in [0.15, 0.2) is 0 Å². The van der Waals surface area contributed by atoms with Crippen LogP contribution in [0, 0.1) is 0 Å². The molecule has 1 aromatic carbocycles. The van der Waals surface area contributed by atoms with E-state index < -0.39 is 17.2 Å². The molecule has 1 heterocycles. The smallest absolute Gasteiger partial charge is 0.325 e. The molecular formula is C11H9N3O3. The Morgan fingerprint density at radius 1 is 1.24 bits per heavy atom. The van der Waals surface area contributed by atoms with Crippen molar-refractivity contribution in [2.24, 2.45) is 5.73 Å². The zero-order valence-corrected chi connectivity index (χ0v) is 8.69. The molecule has 0 atom stereocenters. The van der Waals surface area contributed by atoms with Crippen LogP contribution in [-0.4, -0.2) is 15.9 Å². The number of hydrogen-bond donors (Lipinski definition) is 3. The predicted molar refractivity (Wildman–Crippen MR) is 61.6 cm³/mol. The summed E-state index contributed by atoms with van der Waals surface area (Å²) >= 11 is 0. The fourth-order valence-electron chi connectivity index (χ4n) is 1.46. The van der Waals surface area contributed by atoms with E-state index in [0.717, 1.165) is 0 Å². The van der Waals surface area contributed by atoms with Crippen molar-refractivity contribution in [1.29, 1.82) is 0 Å². The molecule has 0 aliphatic heterocycles. The molecule has 4 N–H and O–H groups in total. The molecule has 0 saturated heterocycles. The summed E-state index contributed by atoms with van der Waals surface area (Å²) < 4.78 is 0.